The molecular formula is C21H30. The van der Waals surface area contributed by atoms with Gasteiger partial charge in [0.1, 0.15) is 0 Å². The minimum Gasteiger partial charge on any atom is -0.0851 e. The van der Waals surface area contributed by atoms with Crippen LogP contribution in [-0.2, 0) is 0 Å². The average molecular weight is 282 g/mol. The first-order valence-corrected chi connectivity index (χ1v) is 10.0. The van der Waals surface area contributed by atoms with Crippen LogP contribution in [0.5, 0.6) is 0 Å². The summed E-state index contributed by atoms with van der Waals surface area (Å²) in [5.74, 6) is 11.2. The fraction of sp³-hybridized carbons (Fsp3) is 0.905. The molecule has 0 saturated heterocycles. The molecule has 5 fully saturated rings. The molecule has 0 nitrogen and oxygen atoms in total. The molecule has 0 aromatic rings. The predicted octanol–water partition coefficient (Wildman–Crippen LogP) is 5.30. The van der Waals surface area contributed by atoms with E-state index in [1.165, 1.54) is 24.2 Å². The summed E-state index contributed by atoms with van der Waals surface area (Å²) in [4.78, 5) is 0. The van der Waals surface area contributed by atoms with E-state index < -0.39 is 0 Å². The molecule has 10 atom stereocenters. The van der Waals surface area contributed by atoms with Gasteiger partial charge in [0.15, 0.2) is 0 Å². The van der Waals surface area contributed by atoms with E-state index in [1.807, 2.05) is 0 Å². The molecule has 0 heteroatoms. The minimum atomic E-state index is 0.986. The zero-order chi connectivity index (χ0) is 13.6. The summed E-state index contributed by atoms with van der Waals surface area (Å²) in [6, 6.07) is 0. The van der Waals surface area contributed by atoms with E-state index in [1.54, 1.807) is 51.4 Å². The molecule has 114 valence electrons. The molecule has 0 N–H and O–H groups in total. The number of fused-ring (bicyclic) bond motifs is 6. The first-order chi connectivity index (χ1) is 10.3. The smallest absolute Gasteiger partial charge is 0.0196 e. The fourth-order valence-corrected chi connectivity index (χ4v) is 8.58. The summed E-state index contributed by atoms with van der Waals surface area (Å²) in [6.45, 7) is 0. The number of hydrogen-bond donors (Lipinski definition) is 0. The highest BCUT2D eigenvalue weighted by Gasteiger charge is 2.56. The molecule has 0 aliphatic heterocycles. The van der Waals surface area contributed by atoms with Crippen LogP contribution in [0.25, 0.3) is 0 Å². The minimum absolute atomic E-state index is 0.986. The van der Waals surface area contributed by atoms with Crippen LogP contribution in [0.15, 0.2) is 12.2 Å². The summed E-state index contributed by atoms with van der Waals surface area (Å²) < 4.78 is 0. The van der Waals surface area contributed by atoms with Crippen molar-refractivity contribution < 1.29 is 0 Å². The summed E-state index contributed by atoms with van der Waals surface area (Å²) in [5, 5.41) is 0. The highest BCUT2D eigenvalue weighted by Crippen LogP contribution is 2.64. The van der Waals surface area contributed by atoms with Gasteiger partial charge in [-0.2, -0.15) is 0 Å². The average Bonchev–Trinajstić information content (AvgIpc) is 3.33. The van der Waals surface area contributed by atoms with Gasteiger partial charge in [0.05, 0.1) is 0 Å². The van der Waals surface area contributed by atoms with E-state index in [4.69, 9.17) is 0 Å². The van der Waals surface area contributed by atoms with Crippen LogP contribution in [0.2, 0.25) is 0 Å². The Morgan fingerprint density at radius 3 is 1.86 bits per heavy atom. The Hall–Kier alpha value is -0.260. The van der Waals surface area contributed by atoms with E-state index in [-0.39, 0.29) is 0 Å². The molecule has 0 heterocycles. The molecule has 10 unspecified atom stereocenters. The molecule has 6 bridgehead atoms. The molecule has 21 heavy (non-hydrogen) atoms. The Morgan fingerprint density at radius 1 is 0.524 bits per heavy atom. The van der Waals surface area contributed by atoms with Crippen molar-refractivity contribution in [1.82, 2.24) is 0 Å². The Balaban J connectivity index is 1.25. The molecule has 6 rings (SSSR count). The standard InChI is InChI=1S/C21H30/c1-3-15-5-12(1)7-17(15)19-9-14-10-20(21(19)11-14)18-8-13-2-4-16(18)6-13/h1,3,12-21H,2,4-11H2. The number of allylic oxidation sites excluding steroid dienone is 2. The molecule has 0 amide bonds. The molecule has 0 aromatic heterocycles. The lowest BCUT2D eigenvalue weighted by Gasteiger charge is -2.41. The Kier molecular flexibility index (Phi) is 2.43. The van der Waals surface area contributed by atoms with Crippen molar-refractivity contribution in [2.24, 2.45) is 59.2 Å². The van der Waals surface area contributed by atoms with Crippen LogP contribution in [-0.4, -0.2) is 0 Å². The molecule has 0 spiro atoms. The normalized spacial score (nSPS) is 63.2. The molecular weight excluding hydrogens is 252 g/mol. The van der Waals surface area contributed by atoms with Gasteiger partial charge in [-0.1, -0.05) is 18.6 Å². The molecule has 6 aliphatic carbocycles. The van der Waals surface area contributed by atoms with Crippen LogP contribution in [0.1, 0.15) is 57.8 Å². The zero-order valence-electron chi connectivity index (χ0n) is 13.3. The first-order valence-electron chi connectivity index (χ1n) is 10.0. The maximum absolute atomic E-state index is 2.61. The molecule has 0 aromatic carbocycles. The lowest BCUT2D eigenvalue weighted by Crippen LogP contribution is -2.34. The zero-order valence-corrected chi connectivity index (χ0v) is 13.3. The fourth-order valence-electron chi connectivity index (χ4n) is 8.58. The SMILES string of the molecule is C1=CC2CC1CC2C1CC2CC(C3CC4CCC3C4)C1C2. The van der Waals surface area contributed by atoms with Gasteiger partial charge >= 0.3 is 0 Å². The van der Waals surface area contributed by atoms with Crippen molar-refractivity contribution in [2.45, 2.75) is 57.8 Å². The van der Waals surface area contributed by atoms with Crippen LogP contribution in [0, 0.1) is 59.2 Å². The highest BCUT2D eigenvalue weighted by atomic mass is 14.6. The van der Waals surface area contributed by atoms with Gasteiger partial charge in [-0.25, -0.2) is 0 Å². The van der Waals surface area contributed by atoms with Crippen molar-refractivity contribution in [1.29, 1.82) is 0 Å². The Morgan fingerprint density at radius 2 is 1.29 bits per heavy atom. The van der Waals surface area contributed by atoms with Gasteiger partial charge in [0.2, 0.25) is 0 Å². The lowest BCUT2D eigenvalue weighted by atomic mass is 9.64. The summed E-state index contributed by atoms with van der Waals surface area (Å²) >= 11 is 0. The predicted molar refractivity (Wildman–Crippen MR) is 85.6 cm³/mol. The van der Waals surface area contributed by atoms with Crippen LogP contribution in [0.3, 0.4) is 0 Å². The highest BCUT2D eigenvalue weighted by molar-refractivity contribution is 5.14. The van der Waals surface area contributed by atoms with Gasteiger partial charge in [0, 0.05) is 0 Å². The van der Waals surface area contributed by atoms with Gasteiger partial charge in [-0.3, -0.25) is 0 Å². The second-order valence-corrected chi connectivity index (χ2v) is 9.85. The first kappa shape index (κ1) is 12.2. The molecule has 0 radical (unpaired) electrons. The van der Waals surface area contributed by atoms with E-state index in [0.717, 1.165) is 41.4 Å². The molecule has 5 saturated carbocycles. The van der Waals surface area contributed by atoms with Crippen molar-refractivity contribution in [2.75, 3.05) is 0 Å². The molecule has 6 aliphatic rings. The summed E-state index contributed by atoms with van der Waals surface area (Å²) in [6.07, 6.45) is 19.6. The lowest BCUT2D eigenvalue weighted by molar-refractivity contribution is 0.0872. The monoisotopic (exact) mass is 282 g/mol. The van der Waals surface area contributed by atoms with Crippen LogP contribution in [0.4, 0.5) is 0 Å². The van der Waals surface area contributed by atoms with Crippen LogP contribution < -0.4 is 0 Å². The van der Waals surface area contributed by atoms with Crippen molar-refractivity contribution >= 4 is 0 Å². The van der Waals surface area contributed by atoms with E-state index in [0.29, 0.717) is 0 Å². The Bertz CT molecular complexity index is 476. The maximum atomic E-state index is 2.61. The van der Waals surface area contributed by atoms with Crippen LogP contribution >= 0.6 is 0 Å². The summed E-state index contributed by atoms with van der Waals surface area (Å²) in [7, 11) is 0. The van der Waals surface area contributed by atoms with E-state index in [2.05, 4.69) is 12.2 Å². The Labute approximate surface area is 129 Å². The largest absolute Gasteiger partial charge is 0.0851 e. The second-order valence-electron chi connectivity index (χ2n) is 9.85. The van der Waals surface area contributed by atoms with Gasteiger partial charge < -0.3 is 0 Å². The quantitative estimate of drug-likeness (QED) is 0.603. The number of hydrogen-bond acceptors (Lipinski definition) is 0. The van der Waals surface area contributed by atoms with Crippen molar-refractivity contribution in [3.8, 4) is 0 Å². The van der Waals surface area contributed by atoms with Gasteiger partial charge in [-0.05, 0) is 111 Å². The third kappa shape index (κ3) is 1.63. The topological polar surface area (TPSA) is 0 Å². The van der Waals surface area contributed by atoms with Crippen molar-refractivity contribution in [3.05, 3.63) is 12.2 Å². The third-order valence-corrected chi connectivity index (χ3v) is 9.14. The van der Waals surface area contributed by atoms with E-state index >= 15 is 0 Å². The number of rotatable bonds is 2. The van der Waals surface area contributed by atoms with Crippen molar-refractivity contribution in [3.63, 3.8) is 0 Å². The van der Waals surface area contributed by atoms with Gasteiger partial charge in [-0.15, -0.1) is 0 Å². The summed E-state index contributed by atoms with van der Waals surface area (Å²) in [5.41, 5.74) is 0. The van der Waals surface area contributed by atoms with E-state index in [9.17, 15) is 0 Å². The maximum Gasteiger partial charge on any atom is -0.0196 e. The third-order valence-electron chi connectivity index (χ3n) is 9.14. The second kappa shape index (κ2) is 4.18. The van der Waals surface area contributed by atoms with Gasteiger partial charge in [0.25, 0.3) is 0 Å².